The molecule has 4 rings (SSSR count). The molecule has 30 heavy (non-hydrogen) atoms. The molecular formula is C23H32N6O. The number of anilines is 1. The summed E-state index contributed by atoms with van der Waals surface area (Å²) in [6, 6.07) is 4.00. The number of allylic oxidation sites excluding steroid dienone is 1. The predicted molar refractivity (Wildman–Crippen MR) is 118 cm³/mol. The van der Waals surface area contributed by atoms with Gasteiger partial charge in [0.25, 0.3) is 0 Å². The minimum atomic E-state index is 0.00573. The van der Waals surface area contributed by atoms with Gasteiger partial charge >= 0.3 is 0 Å². The van der Waals surface area contributed by atoms with E-state index in [0.29, 0.717) is 6.54 Å². The van der Waals surface area contributed by atoms with Crippen molar-refractivity contribution in [3.8, 4) is 5.82 Å². The largest absolute Gasteiger partial charge is 0.356 e. The Balaban J connectivity index is 1.36. The molecule has 2 aromatic heterocycles. The molecule has 1 atom stereocenters. The molecule has 160 valence electrons. The molecule has 1 unspecified atom stereocenters. The first-order valence-electron chi connectivity index (χ1n) is 11.2. The fourth-order valence-electron chi connectivity index (χ4n) is 4.51. The van der Waals surface area contributed by atoms with Crippen LogP contribution in [0.25, 0.3) is 5.82 Å². The third-order valence-corrected chi connectivity index (χ3v) is 6.11. The first-order valence-corrected chi connectivity index (χ1v) is 11.2. The number of nitrogens with zero attached hydrogens (tertiary/aromatic N) is 5. The number of piperidine rings is 1. The maximum absolute atomic E-state index is 12.7. The number of nitrogens with one attached hydrogen (secondary N) is 1. The van der Waals surface area contributed by atoms with Gasteiger partial charge in [-0.15, -0.1) is 0 Å². The molecule has 1 N–H and O–H groups in total. The molecule has 0 radical (unpaired) electrons. The lowest BCUT2D eigenvalue weighted by Gasteiger charge is -2.33. The van der Waals surface area contributed by atoms with Crippen LogP contribution in [0.1, 0.15) is 56.3 Å². The number of carbonyl (C=O) groups excluding carboxylic acids is 1. The van der Waals surface area contributed by atoms with E-state index in [4.69, 9.17) is 0 Å². The van der Waals surface area contributed by atoms with Crippen molar-refractivity contribution >= 4 is 11.7 Å². The van der Waals surface area contributed by atoms with Crippen LogP contribution in [-0.4, -0.2) is 45.3 Å². The number of carbonyl (C=O) groups is 1. The minimum Gasteiger partial charge on any atom is -0.356 e. The van der Waals surface area contributed by atoms with Gasteiger partial charge in [-0.1, -0.05) is 11.6 Å². The number of hydrogen-bond donors (Lipinski definition) is 1. The highest BCUT2D eigenvalue weighted by Crippen LogP contribution is 2.24. The maximum Gasteiger partial charge on any atom is 0.224 e. The van der Waals surface area contributed by atoms with E-state index < -0.39 is 0 Å². The van der Waals surface area contributed by atoms with E-state index in [2.05, 4.69) is 31.4 Å². The first-order chi connectivity index (χ1) is 14.6. The lowest BCUT2D eigenvalue weighted by molar-refractivity contribution is -0.125. The topological polar surface area (TPSA) is 75.9 Å². The summed E-state index contributed by atoms with van der Waals surface area (Å²) in [7, 11) is 0. The summed E-state index contributed by atoms with van der Waals surface area (Å²) < 4.78 is 1.84. The first kappa shape index (κ1) is 20.6. The zero-order valence-corrected chi connectivity index (χ0v) is 18.1. The summed E-state index contributed by atoms with van der Waals surface area (Å²) >= 11 is 0. The molecular weight excluding hydrogens is 376 g/mol. The molecule has 1 aliphatic carbocycles. The normalized spacial score (nSPS) is 19.5. The van der Waals surface area contributed by atoms with Crippen molar-refractivity contribution in [2.45, 2.75) is 58.8 Å². The zero-order valence-electron chi connectivity index (χ0n) is 18.1. The highest BCUT2D eigenvalue weighted by Gasteiger charge is 2.26. The van der Waals surface area contributed by atoms with E-state index >= 15 is 0 Å². The Hall–Kier alpha value is -2.70. The van der Waals surface area contributed by atoms with Crippen LogP contribution in [0, 0.1) is 19.8 Å². The zero-order chi connectivity index (χ0) is 20.9. The van der Waals surface area contributed by atoms with E-state index in [1.807, 2.05) is 30.7 Å². The van der Waals surface area contributed by atoms with Gasteiger partial charge in [-0.25, -0.2) is 14.6 Å². The Bertz CT molecular complexity index is 918. The van der Waals surface area contributed by atoms with Crippen LogP contribution in [0.5, 0.6) is 0 Å². The maximum atomic E-state index is 12.7. The van der Waals surface area contributed by atoms with Crippen molar-refractivity contribution in [2.24, 2.45) is 5.92 Å². The average molecular weight is 409 g/mol. The Morgan fingerprint density at radius 2 is 2.03 bits per heavy atom. The highest BCUT2D eigenvalue weighted by atomic mass is 16.1. The SMILES string of the molecule is Cc1cc(C)n(-c2cc(N3CCCC(C(=O)NCCC4=CCCCC4)C3)ncn2)n1. The minimum absolute atomic E-state index is 0.00573. The second-order valence-corrected chi connectivity index (χ2v) is 8.51. The lowest BCUT2D eigenvalue weighted by Crippen LogP contribution is -2.43. The molecule has 0 spiro atoms. The fourth-order valence-corrected chi connectivity index (χ4v) is 4.51. The van der Waals surface area contributed by atoms with Crippen molar-refractivity contribution < 1.29 is 4.79 Å². The van der Waals surface area contributed by atoms with Gasteiger partial charge in [-0.2, -0.15) is 5.10 Å². The highest BCUT2D eigenvalue weighted by molar-refractivity contribution is 5.79. The molecule has 2 aromatic rings. The van der Waals surface area contributed by atoms with Gasteiger partial charge in [-0.3, -0.25) is 4.79 Å². The van der Waals surface area contributed by atoms with Crippen LogP contribution < -0.4 is 10.2 Å². The lowest BCUT2D eigenvalue weighted by atomic mass is 9.96. The van der Waals surface area contributed by atoms with Crippen LogP contribution in [0.2, 0.25) is 0 Å². The summed E-state index contributed by atoms with van der Waals surface area (Å²) in [6.07, 6.45) is 11.8. The number of hydrogen-bond acceptors (Lipinski definition) is 5. The molecule has 2 aliphatic rings. The van der Waals surface area contributed by atoms with Crippen LogP contribution in [0.4, 0.5) is 5.82 Å². The number of aryl methyl sites for hydroxylation is 2. The third kappa shape index (κ3) is 4.89. The molecule has 7 nitrogen and oxygen atoms in total. The number of amides is 1. The second-order valence-electron chi connectivity index (χ2n) is 8.51. The van der Waals surface area contributed by atoms with E-state index in [-0.39, 0.29) is 11.8 Å². The van der Waals surface area contributed by atoms with E-state index in [9.17, 15) is 4.79 Å². The summed E-state index contributed by atoms with van der Waals surface area (Å²) in [5.74, 6) is 1.80. The van der Waals surface area contributed by atoms with E-state index in [1.54, 1.807) is 6.33 Å². The van der Waals surface area contributed by atoms with Crippen molar-refractivity contribution in [1.82, 2.24) is 25.1 Å². The monoisotopic (exact) mass is 408 g/mol. The van der Waals surface area contributed by atoms with Gasteiger partial charge in [0.05, 0.1) is 11.6 Å². The van der Waals surface area contributed by atoms with Crippen LogP contribution >= 0.6 is 0 Å². The van der Waals surface area contributed by atoms with E-state index in [0.717, 1.165) is 55.4 Å². The van der Waals surface area contributed by atoms with Crippen LogP contribution in [0.15, 0.2) is 30.1 Å². The molecule has 3 heterocycles. The van der Waals surface area contributed by atoms with Crippen LogP contribution in [-0.2, 0) is 4.79 Å². The van der Waals surface area contributed by atoms with Gasteiger partial charge in [0.15, 0.2) is 5.82 Å². The van der Waals surface area contributed by atoms with Crippen molar-refractivity contribution in [3.63, 3.8) is 0 Å². The second kappa shape index (κ2) is 9.41. The molecule has 1 saturated heterocycles. The molecule has 7 heteroatoms. The Kier molecular flexibility index (Phi) is 6.45. The predicted octanol–water partition coefficient (Wildman–Crippen LogP) is 3.50. The molecule has 0 saturated carbocycles. The molecule has 0 bridgehead atoms. The Morgan fingerprint density at radius 3 is 2.80 bits per heavy atom. The van der Waals surface area contributed by atoms with Crippen molar-refractivity contribution in [3.05, 3.63) is 41.5 Å². The Morgan fingerprint density at radius 1 is 1.17 bits per heavy atom. The molecule has 1 amide bonds. The average Bonchev–Trinajstić information content (AvgIpc) is 3.12. The van der Waals surface area contributed by atoms with Crippen molar-refractivity contribution in [1.29, 1.82) is 0 Å². The molecule has 1 fully saturated rings. The van der Waals surface area contributed by atoms with Crippen LogP contribution in [0.3, 0.4) is 0 Å². The standard InChI is InChI=1S/C23H32N6O/c1-17-13-18(2)29(27-17)22-14-21(25-16-26-22)28-12-6-9-20(15-28)23(30)24-11-10-19-7-4-3-5-8-19/h7,13-14,16,20H,3-6,8-12,15H2,1-2H3,(H,24,30). The molecule has 1 aliphatic heterocycles. The van der Waals surface area contributed by atoms with Gasteiger partial charge in [0.2, 0.25) is 5.91 Å². The third-order valence-electron chi connectivity index (χ3n) is 6.11. The smallest absolute Gasteiger partial charge is 0.224 e. The summed E-state index contributed by atoms with van der Waals surface area (Å²) in [6.45, 7) is 6.35. The number of rotatable bonds is 6. The summed E-state index contributed by atoms with van der Waals surface area (Å²) in [5, 5.41) is 7.69. The van der Waals surface area contributed by atoms with E-state index in [1.165, 1.54) is 31.3 Å². The van der Waals surface area contributed by atoms with Gasteiger partial charge in [-0.05, 0) is 64.9 Å². The quantitative estimate of drug-likeness (QED) is 0.741. The summed E-state index contributed by atoms with van der Waals surface area (Å²) in [4.78, 5) is 23.8. The van der Waals surface area contributed by atoms with Gasteiger partial charge in [0, 0.05) is 31.4 Å². The van der Waals surface area contributed by atoms with Crippen molar-refractivity contribution in [2.75, 3.05) is 24.5 Å². The van der Waals surface area contributed by atoms with Gasteiger partial charge < -0.3 is 10.2 Å². The molecule has 0 aromatic carbocycles. The summed E-state index contributed by atoms with van der Waals surface area (Å²) in [5.41, 5.74) is 3.51. The number of aromatic nitrogens is 4. The Labute approximate surface area is 178 Å². The van der Waals surface area contributed by atoms with Gasteiger partial charge in [0.1, 0.15) is 12.1 Å². The fraction of sp³-hybridized carbons (Fsp3) is 0.565.